The maximum atomic E-state index is 10.8. The van der Waals surface area contributed by atoms with Crippen molar-refractivity contribution in [3.05, 3.63) is 11.8 Å². The molecule has 0 bridgehead atoms. The molecule has 82 valence electrons. The summed E-state index contributed by atoms with van der Waals surface area (Å²) in [5.41, 5.74) is 0.200. The number of ether oxygens (including phenoxy) is 2. The molecule has 1 aromatic rings. The molecule has 1 aromatic heterocycles. The number of carbonyl (C=O) groups excluding carboxylic acids is 2. The first kappa shape index (κ1) is 11.7. The molecule has 6 nitrogen and oxygen atoms in total. The number of hydrogen-bond donors (Lipinski definition) is 0. The van der Waals surface area contributed by atoms with E-state index >= 15 is 0 Å². The first-order valence-corrected chi connectivity index (χ1v) is 4.23. The minimum absolute atomic E-state index is 0.110. The van der Waals surface area contributed by atoms with Gasteiger partial charge < -0.3 is 9.47 Å². The van der Waals surface area contributed by atoms with E-state index in [9.17, 15) is 9.59 Å². The van der Waals surface area contributed by atoms with E-state index in [2.05, 4.69) is 20.6 Å². The van der Waals surface area contributed by atoms with Crippen molar-refractivity contribution in [1.29, 1.82) is 0 Å². The molecule has 0 aliphatic carbocycles. The van der Waals surface area contributed by atoms with Gasteiger partial charge in [-0.2, -0.15) is 4.98 Å². The molecular weight excluding hydrogens is 212 g/mol. The van der Waals surface area contributed by atoms with Crippen molar-refractivity contribution in [2.45, 2.75) is 13.8 Å². The number of aromatic nitrogens is 2. The van der Waals surface area contributed by atoms with E-state index in [0.717, 1.165) is 0 Å². The van der Waals surface area contributed by atoms with Crippen LogP contribution >= 0.6 is 0 Å². The van der Waals surface area contributed by atoms with Gasteiger partial charge in [0.2, 0.25) is 5.88 Å². The lowest BCUT2D eigenvalue weighted by Gasteiger charge is -2.04. The van der Waals surface area contributed by atoms with Gasteiger partial charge in [0.1, 0.15) is 5.56 Å². The van der Waals surface area contributed by atoms with Crippen LogP contribution in [0, 0.1) is 12.3 Å². The fraction of sp³-hybridized carbons (Fsp3) is 0.200. The van der Waals surface area contributed by atoms with Gasteiger partial charge in [0, 0.05) is 13.8 Å². The third-order valence-corrected chi connectivity index (χ3v) is 1.36. The highest BCUT2D eigenvalue weighted by molar-refractivity contribution is 5.70. The molecular formula is C10H8N2O4. The van der Waals surface area contributed by atoms with E-state index in [0.29, 0.717) is 0 Å². The van der Waals surface area contributed by atoms with E-state index in [-0.39, 0.29) is 17.5 Å². The Hall–Kier alpha value is -2.42. The van der Waals surface area contributed by atoms with Crippen molar-refractivity contribution in [3.8, 4) is 24.2 Å². The van der Waals surface area contributed by atoms with Crippen molar-refractivity contribution in [2.75, 3.05) is 0 Å². The average Bonchev–Trinajstić information content (AvgIpc) is 2.16. The second-order valence-corrected chi connectivity index (χ2v) is 2.70. The van der Waals surface area contributed by atoms with Gasteiger partial charge in [0.15, 0.2) is 0 Å². The fourth-order valence-corrected chi connectivity index (χ4v) is 0.842. The topological polar surface area (TPSA) is 78.4 Å². The lowest BCUT2D eigenvalue weighted by atomic mass is 10.3. The van der Waals surface area contributed by atoms with Crippen molar-refractivity contribution in [3.63, 3.8) is 0 Å². The van der Waals surface area contributed by atoms with Crippen LogP contribution in [0.3, 0.4) is 0 Å². The molecule has 16 heavy (non-hydrogen) atoms. The summed E-state index contributed by atoms with van der Waals surface area (Å²) in [5, 5.41) is 0. The van der Waals surface area contributed by atoms with Gasteiger partial charge >= 0.3 is 17.9 Å². The van der Waals surface area contributed by atoms with Crippen LogP contribution in [0.5, 0.6) is 11.9 Å². The Bertz CT molecular complexity index is 476. The second-order valence-electron chi connectivity index (χ2n) is 2.70. The third-order valence-electron chi connectivity index (χ3n) is 1.36. The van der Waals surface area contributed by atoms with Gasteiger partial charge in [-0.05, 0) is 0 Å². The normalized spacial score (nSPS) is 9.06. The first-order chi connectivity index (χ1) is 7.52. The number of terminal acetylenes is 1. The standard InChI is InChI=1S/C10H8N2O4/c1-4-8-5-11-10(16-7(3)14)12-9(8)15-6(2)13/h1,5H,2-3H3. The maximum absolute atomic E-state index is 10.8. The lowest BCUT2D eigenvalue weighted by Crippen LogP contribution is -2.09. The summed E-state index contributed by atoms with van der Waals surface area (Å²) >= 11 is 0. The highest BCUT2D eigenvalue weighted by Crippen LogP contribution is 2.16. The monoisotopic (exact) mass is 220 g/mol. The Balaban J connectivity index is 3.06. The zero-order chi connectivity index (χ0) is 12.1. The summed E-state index contributed by atoms with van der Waals surface area (Å²) in [7, 11) is 0. The van der Waals surface area contributed by atoms with E-state index < -0.39 is 11.9 Å². The van der Waals surface area contributed by atoms with Crippen LogP contribution in [0.15, 0.2) is 6.20 Å². The summed E-state index contributed by atoms with van der Waals surface area (Å²) in [5.74, 6) is 0.968. The van der Waals surface area contributed by atoms with Gasteiger partial charge in [0.05, 0.1) is 6.20 Å². The smallest absolute Gasteiger partial charge is 0.327 e. The first-order valence-electron chi connectivity index (χ1n) is 4.23. The van der Waals surface area contributed by atoms with Crippen LogP contribution in [-0.2, 0) is 9.59 Å². The molecule has 0 unspecified atom stereocenters. The highest BCUT2D eigenvalue weighted by Gasteiger charge is 2.11. The molecule has 0 aliphatic heterocycles. The number of nitrogens with zero attached hydrogens (tertiary/aromatic N) is 2. The molecule has 6 heteroatoms. The molecule has 0 spiro atoms. The van der Waals surface area contributed by atoms with Crippen molar-refractivity contribution in [1.82, 2.24) is 9.97 Å². The maximum Gasteiger partial charge on any atom is 0.327 e. The molecule has 1 heterocycles. The molecule has 0 saturated heterocycles. The summed E-state index contributed by atoms with van der Waals surface area (Å²) in [6, 6.07) is -0.220. The third kappa shape index (κ3) is 3.06. The SMILES string of the molecule is C#Cc1cnc(OC(C)=O)nc1OC(C)=O. The quantitative estimate of drug-likeness (QED) is 0.527. The largest absolute Gasteiger partial charge is 0.406 e. The lowest BCUT2D eigenvalue weighted by molar-refractivity contribution is -0.132. The number of esters is 2. The fourth-order valence-electron chi connectivity index (χ4n) is 0.842. The molecule has 0 aromatic carbocycles. The van der Waals surface area contributed by atoms with Crippen LogP contribution < -0.4 is 9.47 Å². The summed E-state index contributed by atoms with van der Waals surface area (Å²) < 4.78 is 9.35. The van der Waals surface area contributed by atoms with Gasteiger partial charge in [0.25, 0.3) is 0 Å². The van der Waals surface area contributed by atoms with E-state index in [1.165, 1.54) is 20.0 Å². The Kier molecular flexibility index (Phi) is 3.56. The van der Waals surface area contributed by atoms with Crippen molar-refractivity contribution >= 4 is 11.9 Å². The van der Waals surface area contributed by atoms with Gasteiger partial charge in [-0.1, -0.05) is 5.92 Å². The molecule has 0 atom stereocenters. The predicted molar refractivity (Wildman–Crippen MR) is 52.6 cm³/mol. The molecule has 0 saturated carbocycles. The number of rotatable bonds is 2. The molecule has 0 radical (unpaired) electrons. The zero-order valence-electron chi connectivity index (χ0n) is 8.68. The summed E-state index contributed by atoms with van der Waals surface area (Å²) in [6.07, 6.45) is 6.37. The Morgan fingerprint density at radius 2 is 1.94 bits per heavy atom. The number of hydrogen-bond acceptors (Lipinski definition) is 6. The Morgan fingerprint density at radius 3 is 2.44 bits per heavy atom. The van der Waals surface area contributed by atoms with Crippen LogP contribution in [-0.4, -0.2) is 21.9 Å². The van der Waals surface area contributed by atoms with E-state index in [4.69, 9.17) is 11.2 Å². The van der Waals surface area contributed by atoms with E-state index in [1.54, 1.807) is 0 Å². The molecule has 0 fully saturated rings. The molecule has 0 N–H and O–H groups in total. The van der Waals surface area contributed by atoms with Crippen LogP contribution in [0.4, 0.5) is 0 Å². The van der Waals surface area contributed by atoms with Gasteiger partial charge in [-0.3, -0.25) is 9.59 Å². The summed E-state index contributed by atoms with van der Waals surface area (Å²) in [6.45, 7) is 2.40. The van der Waals surface area contributed by atoms with Crippen molar-refractivity contribution in [2.24, 2.45) is 0 Å². The Morgan fingerprint density at radius 1 is 1.31 bits per heavy atom. The predicted octanol–water partition coefficient (Wildman–Crippen LogP) is 0.308. The van der Waals surface area contributed by atoms with E-state index in [1.807, 2.05) is 0 Å². The average molecular weight is 220 g/mol. The van der Waals surface area contributed by atoms with Gasteiger partial charge in [-0.25, -0.2) is 4.98 Å². The molecule has 0 amide bonds. The highest BCUT2D eigenvalue weighted by atomic mass is 16.6. The molecule has 0 aliphatic rings. The zero-order valence-corrected chi connectivity index (χ0v) is 8.68. The van der Waals surface area contributed by atoms with Crippen LogP contribution in [0.1, 0.15) is 19.4 Å². The van der Waals surface area contributed by atoms with Crippen LogP contribution in [0.25, 0.3) is 0 Å². The minimum Gasteiger partial charge on any atom is -0.406 e. The molecule has 1 rings (SSSR count). The summed E-state index contributed by atoms with van der Waals surface area (Å²) in [4.78, 5) is 28.8. The minimum atomic E-state index is -0.581. The Labute approximate surface area is 91.6 Å². The van der Waals surface area contributed by atoms with Crippen LogP contribution in [0.2, 0.25) is 0 Å². The van der Waals surface area contributed by atoms with Gasteiger partial charge in [-0.15, -0.1) is 6.42 Å². The number of carbonyl (C=O) groups is 2. The second kappa shape index (κ2) is 4.89. The van der Waals surface area contributed by atoms with Crippen molar-refractivity contribution < 1.29 is 19.1 Å².